The Labute approximate surface area is 213 Å². The number of aromatic amines is 1. The van der Waals surface area contributed by atoms with E-state index in [-0.39, 0.29) is 0 Å². The van der Waals surface area contributed by atoms with Crippen LogP contribution in [0.25, 0.3) is 11.0 Å². The van der Waals surface area contributed by atoms with Gasteiger partial charge in [-0.25, -0.2) is 19.9 Å². The Morgan fingerprint density at radius 2 is 2.23 bits per heavy atom. The first-order chi connectivity index (χ1) is 17.1. The third-order valence-corrected chi connectivity index (χ3v) is 7.31. The molecule has 4 aromatic heterocycles. The predicted octanol–water partition coefficient (Wildman–Crippen LogP) is 6.16. The van der Waals surface area contributed by atoms with E-state index >= 15 is 0 Å². The maximum absolute atomic E-state index is 6.80. The van der Waals surface area contributed by atoms with Gasteiger partial charge in [0, 0.05) is 54.4 Å². The van der Waals surface area contributed by atoms with Gasteiger partial charge in [0.1, 0.15) is 17.2 Å². The van der Waals surface area contributed by atoms with E-state index in [4.69, 9.17) is 21.6 Å². The summed E-state index contributed by atoms with van der Waals surface area (Å²) in [5.74, 6) is 1.78. The summed E-state index contributed by atoms with van der Waals surface area (Å²) < 4.78 is 0. The van der Waals surface area contributed by atoms with Crippen molar-refractivity contribution in [2.45, 2.75) is 42.7 Å². The molecule has 5 heterocycles. The molecule has 1 unspecified atom stereocenters. The van der Waals surface area contributed by atoms with E-state index in [0.29, 0.717) is 27.6 Å². The van der Waals surface area contributed by atoms with Crippen LogP contribution in [-0.4, -0.2) is 50.9 Å². The highest BCUT2D eigenvalue weighted by Crippen LogP contribution is 2.40. The molecular formula is C25H25ClN8S. The fourth-order valence-electron chi connectivity index (χ4n) is 4.36. The van der Waals surface area contributed by atoms with Crippen molar-refractivity contribution in [1.82, 2.24) is 24.9 Å². The first kappa shape index (κ1) is 23.4. The number of nitrogens with one attached hydrogen (secondary N) is 1. The lowest BCUT2D eigenvalue weighted by atomic mass is 10.0. The van der Waals surface area contributed by atoms with Crippen LogP contribution in [0.4, 0.5) is 17.3 Å². The quantitative estimate of drug-likeness (QED) is 0.239. The lowest BCUT2D eigenvalue weighted by Gasteiger charge is -2.19. The van der Waals surface area contributed by atoms with Crippen LogP contribution >= 0.6 is 23.4 Å². The fourth-order valence-corrected chi connectivity index (χ4v) is 5.47. The van der Waals surface area contributed by atoms with E-state index < -0.39 is 0 Å². The number of aliphatic imine (C=N–C) groups is 2. The van der Waals surface area contributed by atoms with Crippen molar-refractivity contribution in [3.8, 4) is 0 Å². The highest BCUT2D eigenvalue weighted by molar-refractivity contribution is 7.99. The molecular weight excluding hydrogens is 480 g/mol. The minimum Gasteiger partial charge on any atom is -0.355 e. The van der Waals surface area contributed by atoms with Crippen LogP contribution in [0.15, 0.2) is 56.8 Å². The molecule has 0 aromatic carbocycles. The van der Waals surface area contributed by atoms with Gasteiger partial charge in [-0.15, -0.1) is 0 Å². The van der Waals surface area contributed by atoms with E-state index in [1.54, 1.807) is 12.4 Å². The van der Waals surface area contributed by atoms with Gasteiger partial charge in [0.05, 0.1) is 10.4 Å². The van der Waals surface area contributed by atoms with Crippen LogP contribution < -0.4 is 4.90 Å². The highest BCUT2D eigenvalue weighted by atomic mass is 35.5. The average molecular weight is 505 g/mol. The lowest BCUT2D eigenvalue weighted by molar-refractivity contribution is 0.768. The fraction of sp³-hybridized carbons (Fsp3) is 0.280. The Morgan fingerprint density at radius 1 is 1.34 bits per heavy atom. The van der Waals surface area contributed by atoms with Crippen molar-refractivity contribution in [1.29, 1.82) is 0 Å². The van der Waals surface area contributed by atoms with Gasteiger partial charge < -0.3 is 9.88 Å². The minimum absolute atomic E-state index is 0.394. The summed E-state index contributed by atoms with van der Waals surface area (Å²) in [6, 6.07) is 6.03. The number of pyridine rings is 2. The van der Waals surface area contributed by atoms with E-state index in [0.717, 1.165) is 53.4 Å². The number of fused-ring (bicyclic) bond motifs is 1. The average Bonchev–Trinajstić information content (AvgIpc) is 3.50. The van der Waals surface area contributed by atoms with Crippen molar-refractivity contribution in [2.24, 2.45) is 9.98 Å². The number of hydrogen-bond donors (Lipinski definition) is 1. The monoisotopic (exact) mass is 504 g/mol. The molecule has 1 aliphatic heterocycles. The van der Waals surface area contributed by atoms with Gasteiger partial charge in [-0.05, 0) is 55.9 Å². The molecule has 0 aliphatic carbocycles. The minimum atomic E-state index is 0.394. The van der Waals surface area contributed by atoms with Crippen LogP contribution in [0, 0.1) is 0 Å². The summed E-state index contributed by atoms with van der Waals surface area (Å²) >= 11 is 8.22. The zero-order chi connectivity index (χ0) is 24.4. The number of rotatable bonds is 7. The second-order valence-electron chi connectivity index (χ2n) is 8.20. The number of hydrogen-bond acceptors (Lipinski definition) is 8. The summed E-state index contributed by atoms with van der Waals surface area (Å²) in [6.07, 6.45) is 9.01. The van der Waals surface area contributed by atoms with Crippen molar-refractivity contribution in [3.63, 3.8) is 0 Å². The predicted molar refractivity (Wildman–Crippen MR) is 143 cm³/mol. The molecule has 178 valence electrons. The Bertz CT molecular complexity index is 1400. The molecule has 4 aromatic rings. The zero-order valence-electron chi connectivity index (χ0n) is 19.6. The van der Waals surface area contributed by atoms with Gasteiger partial charge in [0.15, 0.2) is 11.0 Å². The molecule has 1 atom stereocenters. The summed E-state index contributed by atoms with van der Waals surface area (Å²) in [7, 11) is 0. The highest BCUT2D eigenvalue weighted by Gasteiger charge is 2.29. The topological polar surface area (TPSA) is 95.3 Å². The zero-order valence-corrected chi connectivity index (χ0v) is 21.1. The molecule has 10 heteroatoms. The Balaban J connectivity index is 1.53. The molecule has 1 aliphatic rings. The molecule has 0 saturated carbocycles. The van der Waals surface area contributed by atoms with Gasteiger partial charge in [0.2, 0.25) is 0 Å². The number of H-pyrrole nitrogens is 1. The number of halogens is 1. The normalized spacial score (nSPS) is 16.0. The van der Waals surface area contributed by atoms with E-state index in [1.807, 2.05) is 31.5 Å². The number of nitrogens with zero attached hydrogens (tertiary/aromatic N) is 7. The number of aryl methyl sites for hydroxylation is 1. The summed E-state index contributed by atoms with van der Waals surface area (Å²) in [6.45, 7) is 9.29. The van der Waals surface area contributed by atoms with Gasteiger partial charge in [0.25, 0.3) is 0 Å². The van der Waals surface area contributed by atoms with E-state index in [2.05, 4.69) is 49.5 Å². The van der Waals surface area contributed by atoms with Gasteiger partial charge in [-0.3, -0.25) is 9.98 Å². The molecule has 0 spiro atoms. The summed E-state index contributed by atoms with van der Waals surface area (Å²) in [4.78, 5) is 33.4. The van der Waals surface area contributed by atoms with Gasteiger partial charge >= 0.3 is 0 Å². The van der Waals surface area contributed by atoms with Crippen molar-refractivity contribution in [2.75, 3.05) is 18.0 Å². The molecule has 1 saturated heterocycles. The summed E-state index contributed by atoms with van der Waals surface area (Å²) in [5, 5.41) is 2.18. The van der Waals surface area contributed by atoms with E-state index in [1.165, 1.54) is 17.3 Å². The van der Waals surface area contributed by atoms with Crippen LogP contribution in [0.2, 0.25) is 5.02 Å². The maximum atomic E-state index is 6.80. The Morgan fingerprint density at radius 3 is 2.97 bits per heavy atom. The largest absolute Gasteiger partial charge is 0.355 e. The van der Waals surface area contributed by atoms with Crippen LogP contribution in [0.1, 0.15) is 37.4 Å². The van der Waals surface area contributed by atoms with Gasteiger partial charge in [-0.1, -0.05) is 24.6 Å². The number of aromatic nitrogens is 5. The molecule has 0 bridgehead atoms. The molecule has 5 rings (SSSR count). The molecule has 0 amide bonds. The first-order valence-electron chi connectivity index (χ1n) is 11.5. The van der Waals surface area contributed by atoms with Crippen molar-refractivity contribution >= 4 is 64.7 Å². The van der Waals surface area contributed by atoms with Gasteiger partial charge in [-0.2, -0.15) is 0 Å². The number of anilines is 1. The molecule has 35 heavy (non-hydrogen) atoms. The third-order valence-electron chi connectivity index (χ3n) is 6.07. The Hall–Kier alpha value is -3.30. The SMILES string of the molecule is C=Nc1cc(Sc2nc(N3CCC(c4cccnc4)C3)c3c(Cl)c(CC)[nH]c3n2)cnc1N=CC. The molecule has 1 N–H and O–H groups in total. The first-order valence-corrected chi connectivity index (χ1v) is 12.7. The molecule has 8 nitrogen and oxygen atoms in total. The van der Waals surface area contributed by atoms with Crippen molar-refractivity contribution < 1.29 is 0 Å². The Kier molecular flexibility index (Phi) is 6.79. The van der Waals surface area contributed by atoms with Crippen LogP contribution in [0.5, 0.6) is 0 Å². The summed E-state index contributed by atoms with van der Waals surface area (Å²) in [5.41, 5.74) is 3.56. The van der Waals surface area contributed by atoms with Crippen molar-refractivity contribution in [3.05, 3.63) is 53.1 Å². The molecule has 0 radical (unpaired) electrons. The third kappa shape index (κ3) is 4.66. The van der Waals surface area contributed by atoms with E-state index in [9.17, 15) is 0 Å². The second kappa shape index (κ2) is 10.1. The standard InChI is InChI=1S/C25H25ClN8S/c1-4-18-21(26)20-23(31-18)32-25(35-17-11-19(27-3)22(29-5-2)30-13-17)33-24(20)34-10-8-16(14-34)15-7-6-9-28-12-15/h5-7,9,11-13,16H,3-4,8,10,14H2,1-2H3,(H,31,32,33). The smallest absolute Gasteiger partial charge is 0.196 e. The van der Waals surface area contributed by atoms with Crippen LogP contribution in [-0.2, 0) is 6.42 Å². The second-order valence-corrected chi connectivity index (χ2v) is 9.62. The van der Waals surface area contributed by atoms with Crippen LogP contribution in [0.3, 0.4) is 0 Å². The lowest BCUT2D eigenvalue weighted by Crippen LogP contribution is -2.21. The molecule has 1 fully saturated rings. The maximum Gasteiger partial charge on any atom is 0.196 e.